The molecule has 1 aromatic carbocycles. The number of hydrogen-bond donors (Lipinski definition) is 1. The van der Waals surface area contributed by atoms with Crippen LogP contribution in [0.3, 0.4) is 0 Å². The maximum absolute atomic E-state index is 5.90. The molecular formula is C16H26N2. The Hall–Kier alpha value is -0.860. The van der Waals surface area contributed by atoms with E-state index in [0.29, 0.717) is 12.0 Å². The Balaban J connectivity index is 2.10. The second-order valence-corrected chi connectivity index (χ2v) is 5.79. The predicted molar refractivity (Wildman–Crippen MR) is 77.5 cm³/mol. The van der Waals surface area contributed by atoms with Crippen LogP contribution in [0.4, 0.5) is 0 Å². The molecule has 0 amide bonds. The van der Waals surface area contributed by atoms with Gasteiger partial charge in [-0.05, 0) is 56.3 Å². The smallest absolute Gasteiger partial charge is 0.0322 e. The highest BCUT2D eigenvalue weighted by atomic mass is 15.2. The van der Waals surface area contributed by atoms with Gasteiger partial charge in [0.2, 0.25) is 0 Å². The molecule has 0 spiro atoms. The van der Waals surface area contributed by atoms with E-state index >= 15 is 0 Å². The number of piperidine rings is 1. The zero-order chi connectivity index (χ0) is 13.1. The van der Waals surface area contributed by atoms with Crippen molar-refractivity contribution < 1.29 is 0 Å². The summed E-state index contributed by atoms with van der Waals surface area (Å²) in [6, 6.07) is 9.24. The number of aryl methyl sites for hydroxylation is 1. The lowest BCUT2D eigenvalue weighted by Crippen LogP contribution is -2.43. The monoisotopic (exact) mass is 246 g/mol. The summed E-state index contributed by atoms with van der Waals surface area (Å²) in [4.78, 5) is 2.60. The molecule has 0 saturated carbocycles. The summed E-state index contributed by atoms with van der Waals surface area (Å²) in [6.07, 6.45) is 1.28. The van der Waals surface area contributed by atoms with E-state index in [9.17, 15) is 0 Å². The number of benzene rings is 1. The normalized spacial score (nSPS) is 27.1. The molecule has 2 heteroatoms. The second-order valence-electron chi connectivity index (χ2n) is 5.79. The minimum absolute atomic E-state index is 0.507. The van der Waals surface area contributed by atoms with Gasteiger partial charge in [0.1, 0.15) is 0 Å². The first-order valence-electron chi connectivity index (χ1n) is 7.13. The largest absolute Gasteiger partial charge is 0.330 e. The Bertz CT molecular complexity index is 388. The molecule has 1 saturated heterocycles. The maximum atomic E-state index is 5.90. The van der Waals surface area contributed by atoms with E-state index in [0.717, 1.165) is 19.0 Å². The molecule has 2 rings (SSSR count). The summed E-state index contributed by atoms with van der Waals surface area (Å²) < 4.78 is 0. The van der Waals surface area contributed by atoms with Gasteiger partial charge in [0, 0.05) is 12.6 Å². The Morgan fingerprint density at radius 2 is 2.11 bits per heavy atom. The van der Waals surface area contributed by atoms with Gasteiger partial charge in [0.05, 0.1) is 0 Å². The molecule has 0 radical (unpaired) electrons. The molecule has 1 aliphatic heterocycles. The molecule has 18 heavy (non-hydrogen) atoms. The Morgan fingerprint density at radius 3 is 2.78 bits per heavy atom. The summed E-state index contributed by atoms with van der Waals surface area (Å²) in [7, 11) is 0. The van der Waals surface area contributed by atoms with E-state index in [1.807, 2.05) is 0 Å². The minimum atomic E-state index is 0.507. The third-order valence-electron chi connectivity index (χ3n) is 4.63. The van der Waals surface area contributed by atoms with Crippen molar-refractivity contribution in [1.82, 2.24) is 4.90 Å². The Kier molecular flexibility index (Phi) is 4.41. The standard InChI is InChI=1S/C16H26N2/c1-12-8-9-18(11-15(12)10-17)14(3)16-7-5-4-6-13(16)2/h4-7,12,14-15H,8-11,17H2,1-3H3. The number of nitrogens with zero attached hydrogens (tertiary/aromatic N) is 1. The fourth-order valence-electron chi connectivity index (χ4n) is 3.09. The van der Waals surface area contributed by atoms with Crippen LogP contribution in [0.25, 0.3) is 0 Å². The van der Waals surface area contributed by atoms with Gasteiger partial charge in [0.25, 0.3) is 0 Å². The number of likely N-dealkylation sites (tertiary alicyclic amines) is 1. The van der Waals surface area contributed by atoms with Gasteiger partial charge < -0.3 is 5.73 Å². The Labute approximate surface area is 111 Å². The van der Waals surface area contributed by atoms with Crippen LogP contribution in [-0.2, 0) is 0 Å². The average molecular weight is 246 g/mol. The van der Waals surface area contributed by atoms with Gasteiger partial charge in [-0.3, -0.25) is 4.90 Å². The SMILES string of the molecule is Cc1ccccc1C(C)N1CCC(C)C(CN)C1. The zero-order valence-corrected chi connectivity index (χ0v) is 11.9. The van der Waals surface area contributed by atoms with E-state index in [4.69, 9.17) is 5.73 Å². The van der Waals surface area contributed by atoms with Crippen LogP contribution in [-0.4, -0.2) is 24.5 Å². The van der Waals surface area contributed by atoms with Gasteiger partial charge in [-0.15, -0.1) is 0 Å². The molecule has 1 heterocycles. The molecule has 100 valence electrons. The average Bonchev–Trinajstić information content (AvgIpc) is 2.39. The van der Waals surface area contributed by atoms with E-state index in [2.05, 4.69) is 49.9 Å². The van der Waals surface area contributed by atoms with Crippen LogP contribution < -0.4 is 5.73 Å². The third kappa shape index (κ3) is 2.76. The quantitative estimate of drug-likeness (QED) is 0.888. The summed E-state index contributed by atoms with van der Waals surface area (Å²) in [5.74, 6) is 1.43. The number of rotatable bonds is 3. The molecule has 1 aromatic rings. The van der Waals surface area contributed by atoms with E-state index in [-0.39, 0.29) is 0 Å². The van der Waals surface area contributed by atoms with Crippen LogP contribution in [0.2, 0.25) is 0 Å². The molecule has 1 fully saturated rings. The summed E-state index contributed by atoms with van der Waals surface area (Å²) in [6.45, 7) is 10.0. The van der Waals surface area contributed by atoms with Crippen molar-refractivity contribution in [3.05, 3.63) is 35.4 Å². The zero-order valence-electron chi connectivity index (χ0n) is 11.9. The molecule has 3 atom stereocenters. The topological polar surface area (TPSA) is 29.3 Å². The molecule has 0 aliphatic carbocycles. The summed E-state index contributed by atoms with van der Waals surface area (Å²) in [5.41, 5.74) is 8.76. The van der Waals surface area contributed by atoms with E-state index in [1.165, 1.54) is 24.1 Å². The van der Waals surface area contributed by atoms with Gasteiger partial charge in [0.15, 0.2) is 0 Å². The third-order valence-corrected chi connectivity index (χ3v) is 4.63. The highest BCUT2D eigenvalue weighted by Crippen LogP contribution is 2.30. The van der Waals surface area contributed by atoms with Crippen molar-refractivity contribution in [2.45, 2.75) is 33.2 Å². The van der Waals surface area contributed by atoms with Crippen molar-refractivity contribution >= 4 is 0 Å². The highest BCUT2D eigenvalue weighted by Gasteiger charge is 2.28. The van der Waals surface area contributed by atoms with Crippen molar-refractivity contribution in [3.8, 4) is 0 Å². The maximum Gasteiger partial charge on any atom is 0.0322 e. The van der Waals surface area contributed by atoms with E-state index in [1.54, 1.807) is 0 Å². The predicted octanol–water partition coefficient (Wildman–Crippen LogP) is 2.97. The first-order chi connectivity index (χ1) is 8.63. The molecular weight excluding hydrogens is 220 g/mol. The lowest BCUT2D eigenvalue weighted by Gasteiger charge is -2.40. The number of hydrogen-bond acceptors (Lipinski definition) is 2. The number of nitrogens with two attached hydrogens (primary N) is 1. The second kappa shape index (κ2) is 5.85. The van der Waals surface area contributed by atoms with Gasteiger partial charge in [-0.1, -0.05) is 31.2 Å². The molecule has 0 bridgehead atoms. The fourth-order valence-corrected chi connectivity index (χ4v) is 3.09. The summed E-state index contributed by atoms with van der Waals surface area (Å²) >= 11 is 0. The minimum Gasteiger partial charge on any atom is -0.330 e. The van der Waals surface area contributed by atoms with Crippen molar-refractivity contribution in [1.29, 1.82) is 0 Å². The van der Waals surface area contributed by atoms with Crippen LogP contribution in [0.5, 0.6) is 0 Å². The molecule has 2 nitrogen and oxygen atoms in total. The van der Waals surface area contributed by atoms with Crippen LogP contribution in [0.15, 0.2) is 24.3 Å². The first kappa shape index (κ1) is 13.6. The van der Waals surface area contributed by atoms with Crippen molar-refractivity contribution in [2.24, 2.45) is 17.6 Å². The summed E-state index contributed by atoms with van der Waals surface area (Å²) in [5, 5.41) is 0. The fraction of sp³-hybridized carbons (Fsp3) is 0.625. The molecule has 0 aromatic heterocycles. The molecule has 1 aliphatic rings. The van der Waals surface area contributed by atoms with Crippen LogP contribution in [0, 0.1) is 18.8 Å². The first-order valence-corrected chi connectivity index (χ1v) is 7.13. The van der Waals surface area contributed by atoms with Gasteiger partial charge in [-0.25, -0.2) is 0 Å². The van der Waals surface area contributed by atoms with Crippen molar-refractivity contribution in [3.63, 3.8) is 0 Å². The van der Waals surface area contributed by atoms with Crippen molar-refractivity contribution in [2.75, 3.05) is 19.6 Å². The lowest BCUT2D eigenvalue weighted by molar-refractivity contribution is 0.0976. The van der Waals surface area contributed by atoms with E-state index < -0.39 is 0 Å². The van der Waals surface area contributed by atoms with Gasteiger partial charge >= 0.3 is 0 Å². The van der Waals surface area contributed by atoms with Gasteiger partial charge in [-0.2, -0.15) is 0 Å². The lowest BCUT2D eigenvalue weighted by atomic mass is 9.85. The molecule has 2 N–H and O–H groups in total. The molecule has 3 unspecified atom stereocenters. The Morgan fingerprint density at radius 1 is 1.39 bits per heavy atom. The van der Waals surface area contributed by atoms with Crippen LogP contribution in [0.1, 0.15) is 37.4 Å². The van der Waals surface area contributed by atoms with Crippen LogP contribution >= 0.6 is 0 Å². The highest BCUT2D eigenvalue weighted by molar-refractivity contribution is 5.28.